The highest BCUT2D eigenvalue weighted by molar-refractivity contribution is 7.23. The van der Waals surface area contributed by atoms with Crippen molar-refractivity contribution in [3.8, 4) is 20.2 Å². The van der Waals surface area contributed by atoms with Crippen molar-refractivity contribution >= 4 is 44.4 Å². The number of aryl methyl sites for hydroxylation is 1. The van der Waals surface area contributed by atoms with Crippen LogP contribution in [-0.2, 0) is 6.42 Å². The van der Waals surface area contributed by atoms with Crippen LogP contribution >= 0.6 is 34.2 Å². The first-order valence-corrected chi connectivity index (χ1v) is 11.1. The van der Waals surface area contributed by atoms with Crippen molar-refractivity contribution in [1.29, 1.82) is 0 Å². The third-order valence-corrected chi connectivity index (χ3v) is 7.22. The molecule has 0 aliphatic heterocycles. The first-order valence-electron chi connectivity index (χ1n) is 8.61. The molecule has 4 heterocycles. The lowest BCUT2D eigenvalue weighted by Gasteiger charge is -2.04. The van der Waals surface area contributed by atoms with Gasteiger partial charge in [0.1, 0.15) is 5.52 Å². The van der Waals surface area contributed by atoms with Crippen molar-refractivity contribution in [1.82, 2.24) is 14.6 Å². The fourth-order valence-corrected chi connectivity index (χ4v) is 5.48. The number of rotatable bonds is 7. The van der Waals surface area contributed by atoms with Gasteiger partial charge in [0, 0.05) is 26.4 Å². The number of nitrogens with zero attached hydrogens (tertiary/aromatic N) is 3. The van der Waals surface area contributed by atoms with E-state index in [0.29, 0.717) is 0 Å². The SMILES string of the molecule is CCCCCCc1ncc(-c2ccc(-c3cccs3)s2)c2nnsc12. The Hall–Kier alpha value is -1.63. The zero-order valence-corrected chi connectivity index (χ0v) is 16.5. The molecule has 0 N–H and O–H groups in total. The van der Waals surface area contributed by atoms with E-state index in [0.717, 1.165) is 27.9 Å². The Morgan fingerprint density at radius 3 is 2.76 bits per heavy atom. The molecule has 0 spiro atoms. The summed E-state index contributed by atoms with van der Waals surface area (Å²) in [6, 6.07) is 8.63. The van der Waals surface area contributed by atoms with Crippen LogP contribution in [0.5, 0.6) is 0 Å². The minimum absolute atomic E-state index is 1.00. The second-order valence-electron chi connectivity index (χ2n) is 6.02. The van der Waals surface area contributed by atoms with Crippen molar-refractivity contribution in [2.24, 2.45) is 0 Å². The van der Waals surface area contributed by atoms with Gasteiger partial charge in [-0.1, -0.05) is 36.7 Å². The molecule has 128 valence electrons. The van der Waals surface area contributed by atoms with Crippen LogP contribution in [0.1, 0.15) is 38.3 Å². The lowest BCUT2D eigenvalue weighted by atomic mass is 10.1. The van der Waals surface area contributed by atoms with Crippen LogP contribution in [0.15, 0.2) is 35.8 Å². The van der Waals surface area contributed by atoms with Gasteiger partial charge in [0.15, 0.2) is 0 Å². The largest absolute Gasteiger partial charge is 0.259 e. The topological polar surface area (TPSA) is 38.7 Å². The van der Waals surface area contributed by atoms with E-state index in [9.17, 15) is 0 Å². The van der Waals surface area contributed by atoms with Gasteiger partial charge in [0.25, 0.3) is 0 Å². The molecule has 0 aliphatic carbocycles. The predicted octanol–water partition coefficient (Wildman–Crippen LogP) is 6.67. The molecule has 0 saturated carbocycles. The van der Waals surface area contributed by atoms with E-state index < -0.39 is 0 Å². The second kappa shape index (κ2) is 7.72. The fraction of sp³-hybridized carbons (Fsp3) is 0.316. The summed E-state index contributed by atoms with van der Waals surface area (Å²) in [5.74, 6) is 0. The number of unbranched alkanes of at least 4 members (excludes halogenated alkanes) is 3. The molecular formula is C19H19N3S3. The van der Waals surface area contributed by atoms with Gasteiger partial charge >= 0.3 is 0 Å². The van der Waals surface area contributed by atoms with E-state index in [1.54, 1.807) is 22.7 Å². The zero-order valence-electron chi connectivity index (χ0n) is 14.1. The highest BCUT2D eigenvalue weighted by atomic mass is 32.1. The molecule has 0 aliphatic rings. The summed E-state index contributed by atoms with van der Waals surface area (Å²) in [6.45, 7) is 2.24. The van der Waals surface area contributed by atoms with E-state index in [1.165, 1.54) is 51.8 Å². The summed E-state index contributed by atoms with van der Waals surface area (Å²) in [5, 5.41) is 6.53. The van der Waals surface area contributed by atoms with Crippen molar-refractivity contribution in [2.45, 2.75) is 39.0 Å². The normalized spacial score (nSPS) is 11.4. The van der Waals surface area contributed by atoms with Crippen LogP contribution in [0.3, 0.4) is 0 Å². The average Bonchev–Trinajstić information content (AvgIpc) is 3.39. The molecule has 4 rings (SSSR count). The molecule has 25 heavy (non-hydrogen) atoms. The lowest BCUT2D eigenvalue weighted by molar-refractivity contribution is 0.663. The van der Waals surface area contributed by atoms with Crippen LogP contribution in [0.25, 0.3) is 30.4 Å². The second-order valence-corrected chi connectivity index (χ2v) is 8.81. The van der Waals surface area contributed by atoms with Gasteiger partial charge in [-0.25, -0.2) is 0 Å². The maximum absolute atomic E-state index is 4.76. The molecule has 4 aromatic rings. The molecule has 0 amide bonds. The van der Waals surface area contributed by atoms with Crippen LogP contribution in [-0.4, -0.2) is 14.6 Å². The highest BCUT2D eigenvalue weighted by Gasteiger charge is 2.15. The number of hydrogen-bond donors (Lipinski definition) is 0. The minimum atomic E-state index is 1.00. The Balaban J connectivity index is 1.64. The Kier molecular flexibility index (Phi) is 5.20. The van der Waals surface area contributed by atoms with Crippen LogP contribution < -0.4 is 0 Å². The molecular weight excluding hydrogens is 366 g/mol. The van der Waals surface area contributed by atoms with Gasteiger partial charge in [0.05, 0.1) is 10.4 Å². The molecule has 3 nitrogen and oxygen atoms in total. The molecule has 0 fully saturated rings. The minimum Gasteiger partial charge on any atom is -0.259 e. The lowest BCUT2D eigenvalue weighted by Crippen LogP contribution is -1.92. The summed E-state index contributed by atoms with van der Waals surface area (Å²) in [7, 11) is 0. The summed E-state index contributed by atoms with van der Waals surface area (Å²) in [6.07, 6.45) is 8.02. The average molecular weight is 386 g/mol. The van der Waals surface area contributed by atoms with Crippen molar-refractivity contribution in [2.75, 3.05) is 0 Å². The Morgan fingerprint density at radius 2 is 1.92 bits per heavy atom. The van der Waals surface area contributed by atoms with Gasteiger partial charge in [-0.2, -0.15) is 0 Å². The van der Waals surface area contributed by atoms with Crippen LogP contribution in [0.2, 0.25) is 0 Å². The smallest absolute Gasteiger partial charge is 0.118 e. The highest BCUT2D eigenvalue weighted by Crippen LogP contribution is 2.39. The monoisotopic (exact) mass is 385 g/mol. The number of hydrogen-bond acceptors (Lipinski definition) is 6. The zero-order chi connectivity index (χ0) is 17.1. The number of fused-ring (bicyclic) bond motifs is 1. The van der Waals surface area contributed by atoms with E-state index in [4.69, 9.17) is 4.98 Å². The molecule has 0 aromatic carbocycles. The Labute approximate surface area is 159 Å². The molecule has 0 unspecified atom stereocenters. The van der Waals surface area contributed by atoms with Gasteiger partial charge in [-0.3, -0.25) is 4.98 Å². The van der Waals surface area contributed by atoms with Gasteiger partial charge in [-0.15, -0.1) is 27.8 Å². The third-order valence-electron chi connectivity index (χ3n) is 4.26. The molecule has 6 heteroatoms. The van der Waals surface area contributed by atoms with E-state index in [-0.39, 0.29) is 0 Å². The maximum Gasteiger partial charge on any atom is 0.118 e. The van der Waals surface area contributed by atoms with Crippen molar-refractivity contribution in [3.63, 3.8) is 0 Å². The number of thiophene rings is 2. The molecule has 0 saturated heterocycles. The van der Waals surface area contributed by atoms with Gasteiger partial charge in [0.2, 0.25) is 0 Å². The number of aromatic nitrogens is 3. The Morgan fingerprint density at radius 1 is 1.00 bits per heavy atom. The van der Waals surface area contributed by atoms with E-state index >= 15 is 0 Å². The third kappa shape index (κ3) is 3.52. The standard InChI is InChI=1S/C19H19N3S3/c1-2-3-4-5-7-14-19-18(21-22-25-19)13(12-20-14)15-9-10-17(24-15)16-8-6-11-23-16/h6,8-12H,2-5,7H2,1H3. The van der Waals surface area contributed by atoms with Crippen LogP contribution in [0, 0.1) is 0 Å². The van der Waals surface area contributed by atoms with E-state index in [1.807, 2.05) is 6.20 Å². The summed E-state index contributed by atoms with van der Waals surface area (Å²) >= 11 is 5.05. The first-order chi connectivity index (χ1) is 12.4. The van der Waals surface area contributed by atoms with E-state index in [2.05, 4.69) is 46.2 Å². The summed E-state index contributed by atoms with van der Waals surface area (Å²) in [5.41, 5.74) is 3.26. The van der Waals surface area contributed by atoms with Crippen LogP contribution in [0.4, 0.5) is 0 Å². The quantitative estimate of drug-likeness (QED) is 0.334. The maximum atomic E-state index is 4.76. The van der Waals surface area contributed by atoms with Crippen molar-refractivity contribution < 1.29 is 0 Å². The fourth-order valence-electron chi connectivity index (χ4n) is 2.93. The first kappa shape index (κ1) is 16.8. The van der Waals surface area contributed by atoms with Crippen molar-refractivity contribution in [3.05, 3.63) is 41.5 Å². The molecule has 0 atom stereocenters. The molecule has 0 radical (unpaired) electrons. The summed E-state index contributed by atoms with van der Waals surface area (Å²) < 4.78 is 5.36. The molecule has 4 aromatic heterocycles. The summed E-state index contributed by atoms with van der Waals surface area (Å²) in [4.78, 5) is 8.58. The predicted molar refractivity (Wildman–Crippen MR) is 110 cm³/mol. The number of pyridine rings is 1. The Bertz CT molecular complexity index is 954. The molecule has 0 bridgehead atoms. The van der Waals surface area contributed by atoms with Gasteiger partial charge < -0.3 is 0 Å². The van der Waals surface area contributed by atoms with Gasteiger partial charge in [-0.05, 0) is 48.0 Å².